The number of rotatable bonds is 3. The molecule has 1 aromatic heterocycles. The first kappa shape index (κ1) is 18.7. The quantitative estimate of drug-likeness (QED) is 0.496. The molecule has 0 bridgehead atoms. The number of alkyl halides is 1. The predicted molar refractivity (Wildman–Crippen MR) is 113 cm³/mol. The molecule has 2 atom stereocenters. The van der Waals surface area contributed by atoms with Gasteiger partial charge in [0.25, 0.3) is 0 Å². The molecule has 0 spiro atoms. The molecule has 0 amide bonds. The van der Waals surface area contributed by atoms with Crippen molar-refractivity contribution in [1.82, 2.24) is 9.78 Å². The summed E-state index contributed by atoms with van der Waals surface area (Å²) in [6, 6.07) is 18.3. The summed E-state index contributed by atoms with van der Waals surface area (Å²) in [4.78, 5) is 6.14. The van der Waals surface area contributed by atoms with Crippen molar-refractivity contribution in [2.75, 3.05) is 0 Å². The number of aryl methyl sites for hydroxylation is 1. The molecular formula is C21H21Cl2N3S. The van der Waals surface area contributed by atoms with Crippen molar-refractivity contribution < 1.29 is 0 Å². The predicted octanol–water partition coefficient (Wildman–Crippen LogP) is 5.78. The Bertz CT molecular complexity index is 996. The maximum Gasteiger partial charge on any atom is 0.204 e. The first-order valence-corrected chi connectivity index (χ1v) is 10.7. The summed E-state index contributed by atoms with van der Waals surface area (Å²) in [7, 11) is 1.95. The number of nitrogens with zero attached hydrogens (tertiary/aromatic N) is 3. The minimum atomic E-state index is -0.290. The van der Waals surface area contributed by atoms with Crippen LogP contribution in [-0.4, -0.2) is 15.2 Å². The molecule has 4 rings (SSSR count). The first-order valence-electron chi connectivity index (χ1n) is 9.11. The number of hydrogen-bond donors (Lipinski definition) is 0. The van der Waals surface area contributed by atoms with Crippen molar-refractivity contribution in [3.8, 4) is 10.6 Å². The monoisotopic (exact) mass is 417 g/mol. The van der Waals surface area contributed by atoms with Crippen LogP contribution in [0.4, 0.5) is 0 Å². The molecule has 0 N–H and O–H groups in total. The van der Waals surface area contributed by atoms with Crippen molar-refractivity contribution in [1.29, 1.82) is 0 Å². The average molecular weight is 418 g/mol. The molecule has 0 saturated heterocycles. The van der Waals surface area contributed by atoms with Gasteiger partial charge in [0.1, 0.15) is 5.01 Å². The summed E-state index contributed by atoms with van der Waals surface area (Å²) < 4.78 is 1.86. The lowest BCUT2D eigenvalue weighted by Crippen LogP contribution is -2.34. The van der Waals surface area contributed by atoms with E-state index in [1.165, 1.54) is 5.56 Å². The van der Waals surface area contributed by atoms with E-state index in [4.69, 9.17) is 28.2 Å². The summed E-state index contributed by atoms with van der Waals surface area (Å²) in [5.41, 5.74) is 1.95. The molecule has 1 aliphatic carbocycles. The molecule has 2 unspecified atom stereocenters. The average Bonchev–Trinajstić information content (AvgIpc) is 3.03. The molecule has 140 valence electrons. The molecule has 0 radical (unpaired) electrons. The van der Waals surface area contributed by atoms with E-state index in [2.05, 4.69) is 29.4 Å². The van der Waals surface area contributed by atoms with E-state index >= 15 is 0 Å². The third-order valence-electron chi connectivity index (χ3n) is 5.06. The van der Waals surface area contributed by atoms with Crippen LogP contribution < -0.4 is 4.80 Å². The second-order valence-corrected chi connectivity index (χ2v) is 9.04. The summed E-state index contributed by atoms with van der Waals surface area (Å²) in [5.74, 6) is 0. The van der Waals surface area contributed by atoms with Crippen LogP contribution in [0.15, 0.2) is 59.6 Å². The van der Waals surface area contributed by atoms with Gasteiger partial charge < -0.3 is 0 Å². The Morgan fingerprint density at radius 2 is 2.00 bits per heavy atom. The molecule has 3 aromatic rings. The van der Waals surface area contributed by atoms with Gasteiger partial charge in [0.15, 0.2) is 0 Å². The van der Waals surface area contributed by atoms with E-state index in [1.807, 2.05) is 42.1 Å². The van der Waals surface area contributed by atoms with Gasteiger partial charge in [-0.15, -0.1) is 11.6 Å². The van der Waals surface area contributed by atoms with Crippen LogP contribution in [0.5, 0.6) is 0 Å². The maximum atomic E-state index is 6.58. The second kappa shape index (κ2) is 7.78. The first-order chi connectivity index (χ1) is 13.1. The zero-order valence-corrected chi connectivity index (χ0v) is 17.4. The van der Waals surface area contributed by atoms with Crippen LogP contribution in [-0.2, 0) is 12.6 Å². The highest BCUT2D eigenvalue weighted by atomic mass is 35.5. The van der Waals surface area contributed by atoms with Crippen LogP contribution in [0.3, 0.4) is 0 Å². The smallest absolute Gasteiger partial charge is 0.204 e. The van der Waals surface area contributed by atoms with Gasteiger partial charge in [-0.3, -0.25) is 0 Å². The Labute approximate surface area is 173 Å². The van der Waals surface area contributed by atoms with Crippen LogP contribution in [0.25, 0.3) is 10.6 Å². The molecule has 3 nitrogen and oxygen atoms in total. The van der Waals surface area contributed by atoms with Crippen LogP contribution >= 0.6 is 34.5 Å². The lowest BCUT2D eigenvalue weighted by atomic mass is 9.77. The van der Waals surface area contributed by atoms with E-state index in [-0.39, 0.29) is 10.9 Å². The summed E-state index contributed by atoms with van der Waals surface area (Å²) in [6.45, 7) is 0. The lowest BCUT2D eigenvalue weighted by Gasteiger charge is -2.36. The molecule has 1 fully saturated rings. The standard InChI is InChI=1S/C21H21Cl2N3S/c1-26-20(27-19(25-26)15-7-5-10-17(22)13-15)24-21(12-6-11-18(23)14-21)16-8-3-2-4-9-16/h2-5,7-10,13,18H,6,11-12,14H2,1H3. The Balaban J connectivity index is 1.82. The van der Waals surface area contributed by atoms with Gasteiger partial charge in [0.05, 0.1) is 5.54 Å². The SMILES string of the molecule is Cn1nc(-c2cccc(Cl)c2)sc1=NC1(c2ccccc2)CCCC(Cl)C1. The van der Waals surface area contributed by atoms with Gasteiger partial charge in [-0.1, -0.05) is 65.4 Å². The Morgan fingerprint density at radius 3 is 2.74 bits per heavy atom. The van der Waals surface area contributed by atoms with Gasteiger partial charge in [0.2, 0.25) is 4.80 Å². The number of halogens is 2. The number of benzene rings is 2. The van der Waals surface area contributed by atoms with E-state index < -0.39 is 0 Å². The normalized spacial score (nSPS) is 23.5. The van der Waals surface area contributed by atoms with Gasteiger partial charge in [0, 0.05) is 23.0 Å². The van der Waals surface area contributed by atoms with Crippen molar-refractivity contribution in [2.45, 2.75) is 36.6 Å². The Hall–Kier alpha value is -1.62. The fourth-order valence-electron chi connectivity index (χ4n) is 3.73. The van der Waals surface area contributed by atoms with E-state index in [9.17, 15) is 0 Å². The van der Waals surface area contributed by atoms with Crippen molar-refractivity contribution >= 4 is 34.5 Å². The van der Waals surface area contributed by atoms with E-state index in [0.717, 1.165) is 41.1 Å². The second-order valence-electron chi connectivity index (χ2n) is 7.03. The van der Waals surface area contributed by atoms with Crippen molar-refractivity contribution in [2.24, 2.45) is 12.0 Å². The minimum Gasteiger partial charge on any atom is -0.246 e. The fourth-order valence-corrected chi connectivity index (χ4v) is 5.31. The van der Waals surface area contributed by atoms with Gasteiger partial charge in [-0.05, 0) is 43.4 Å². The topological polar surface area (TPSA) is 30.2 Å². The third kappa shape index (κ3) is 3.98. The third-order valence-corrected chi connectivity index (χ3v) is 6.72. The Kier molecular flexibility index (Phi) is 5.40. The van der Waals surface area contributed by atoms with Crippen LogP contribution in [0.2, 0.25) is 5.02 Å². The molecule has 2 aromatic carbocycles. The molecular weight excluding hydrogens is 397 g/mol. The molecule has 1 saturated carbocycles. The lowest BCUT2D eigenvalue weighted by molar-refractivity contribution is 0.300. The Morgan fingerprint density at radius 1 is 1.19 bits per heavy atom. The number of aromatic nitrogens is 2. The van der Waals surface area contributed by atoms with Crippen LogP contribution in [0.1, 0.15) is 31.2 Å². The molecule has 27 heavy (non-hydrogen) atoms. The zero-order chi connectivity index (χ0) is 18.9. The molecule has 1 aliphatic rings. The van der Waals surface area contributed by atoms with Crippen molar-refractivity contribution in [3.05, 3.63) is 70.0 Å². The van der Waals surface area contributed by atoms with E-state index in [0.29, 0.717) is 5.02 Å². The highest BCUT2D eigenvalue weighted by Crippen LogP contribution is 2.42. The molecule has 6 heteroatoms. The summed E-state index contributed by atoms with van der Waals surface area (Å²) in [6.07, 6.45) is 3.98. The van der Waals surface area contributed by atoms with Gasteiger partial charge >= 0.3 is 0 Å². The van der Waals surface area contributed by atoms with Gasteiger partial charge in [-0.25, -0.2) is 9.67 Å². The van der Waals surface area contributed by atoms with Gasteiger partial charge in [-0.2, -0.15) is 5.10 Å². The highest BCUT2D eigenvalue weighted by Gasteiger charge is 2.37. The zero-order valence-electron chi connectivity index (χ0n) is 15.1. The molecule has 1 heterocycles. The van der Waals surface area contributed by atoms with E-state index in [1.54, 1.807) is 11.3 Å². The molecule has 0 aliphatic heterocycles. The largest absolute Gasteiger partial charge is 0.246 e. The highest BCUT2D eigenvalue weighted by molar-refractivity contribution is 7.12. The van der Waals surface area contributed by atoms with Crippen molar-refractivity contribution in [3.63, 3.8) is 0 Å². The maximum absolute atomic E-state index is 6.58. The fraction of sp³-hybridized carbons (Fsp3) is 0.333. The minimum absolute atomic E-state index is 0.147. The van der Waals surface area contributed by atoms with Crippen LogP contribution in [0, 0.1) is 0 Å². The number of hydrogen-bond acceptors (Lipinski definition) is 3. The summed E-state index contributed by atoms with van der Waals surface area (Å²) in [5, 5.41) is 6.45. The summed E-state index contributed by atoms with van der Waals surface area (Å²) >= 11 is 14.3.